The Morgan fingerprint density at radius 1 is 1.22 bits per heavy atom. The van der Waals surface area contributed by atoms with Crippen LogP contribution >= 0.6 is 11.6 Å². The Balaban J connectivity index is 2.80. The Kier molecular flexibility index (Phi) is 5.86. The predicted molar refractivity (Wildman–Crippen MR) is 78.3 cm³/mol. The third-order valence-electron chi connectivity index (χ3n) is 3.28. The molecule has 1 N–H and O–H groups in total. The molecule has 1 heterocycles. The molecule has 1 rings (SSSR count). The lowest BCUT2D eigenvalue weighted by atomic mass is 10.0. The molecule has 0 bridgehead atoms. The van der Waals surface area contributed by atoms with E-state index in [4.69, 9.17) is 11.6 Å². The number of aryl methyl sites for hydroxylation is 1. The predicted octanol–water partition coefficient (Wildman–Crippen LogP) is 4.24. The van der Waals surface area contributed by atoms with E-state index >= 15 is 0 Å². The van der Waals surface area contributed by atoms with Gasteiger partial charge in [-0.3, -0.25) is 0 Å². The van der Waals surface area contributed by atoms with Gasteiger partial charge in [0, 0.05) is 18.0 Å². The van der Waals surface area contributed by atoms with Gasteiger partial charge in [0.25, 0.3) is 0 Å². The van der Waals surface area contributed by atoms with Crippen molar-refractivity contribution in [3.8, 4) is 0 Å². The highest BCUT2D eigenvalue weighted by molar-refractivity contribution is 6.30. The monoisotopic (exact) mass is 269 g/mol. The van der Waals surface area contributed by atoms with Gasteiger partial charge < -0.3 is 5.32 Å². The number of anilines is 1. The molecule has 0 aromatic carbocycles. The molecule has 18 heavy (non-hydrogen) atoms. The first kappa shape index (κ1) is 15.2. The highest BCUT2D eigenvalue weighted by Crippen LogP contribution is 2.22. The average Bonchev–Trinajstić information content (AvgIpc) is 2.34. The van der Waals surface area contributed by atoms with Gasteiger partial charge in [-0.05, 0) is 26.2 Å². The first-order valence-corrected chi connectivity index (χ1v) is 7.15. The number of hydrogen-bond acceptors (Lipinski definition) is 3. The van der Waals surface area contributed by atoms with Gasteiger partial charge in [0.15, 0.2) is 0 Å². The molecule has 1 aromatic rings. The Hall–Kier alpha value is -0.830. The van der Waals surface area contributed by atoms with Crippen molar-refractivity contribution < 1.29 is 0 Å². The zero-order valence-corrected chi connectivity index (χ0v) is 12.8. The van der Waals surface area contributed by atoms with E-state index < -0.39 is 0 Å². The summed E-state index contributed by atoms with van der Waals surface area (Å²) in [6.45, 7) is 10.7. The van der Waals surface area contributed by atoms with Crippen LogP contribution in [0.4, 0.5) is 5.82 Å². The number of aromatic nitrogens is 2. The Labute approximate surface area is 115 Å². The standard InChI is InChI=1S/C14H24ClN3/c1-6-9(3)8-10(4)16-14-11(5)13(15)17-12(7-2)18-14/h9-10H,6-8H2,1-5H3,(H,16,17,18). The zero-order valence-electron chi connectivity index (χ0n) is 12.0. The second-order valence-electron chi connectivity index (χ2n) is 5.05. The topological polar surface area (TPSA) is 37.8 Å². The molecule has 0 saturated carbocycles. The number of rotatable bonds is 6. The SMILES string of the molecule is CCc1nc(Cl)c(C)c(NC(C)CC(C)CC)n1. The summed E-state index contributed by atoms with van der Waals surface area (Å²) < 4.78 is 0. The minimum atomic E-state index is 0.398. The molecular weight excluding hydrogens is 246 g/mol. The van der Waals surface area contributed by atoms with Crippen LogP contribution in [0, 0.1) is 12.8 Å². The van der Waals surface area contributed by atoms with E-state index in [-0.39, 0.29) is 0 Å². The van der Waals surface area contributed by atoms with E-state index in [2.05, 4.69) is 36.1 Å². The normalized spacial score (nSPS) is 14.3. The molecule has 0 saturated heterocycles. The summed E-state index contributed by atoms with van der Waals surface area (Å²) in [6, 6.07) is 0.398. The summed E-state index contributed by atoms with van der Waals surface area (Å²) in [5.74, 6) is 2.39. The van der Waals surface area contributed by atoms with Crippen molar-refractivity contribution in [3.63, 3.8) is 0 Å². The Morgan fingerprint density at radius 2 is 1.89 bits per heavy atom. The van der Waals surface area contributed by atoms with E-state index in [1.54, 1.807) is 0 Å². The van der Waals surface area contributed by atoms with Crippen molar-refractivity contribution in [1.82, 2.24) is 9.97 Å². The number of nitrogens with one attached hydrogen (secondary N) is 1. The summed E-state index contributed by atoms with van der Waals surface area (Å²) in [5.41, 5.74) is 0.935. The highest BCUT2D eigenvalue weighted by Gasteiger charge is 2.12. The summed E-state index contributed by atoms with van der Waals surface area (Å²) in [5, 5.41) is 4.01. The molecule has 1 aromatic heterocycles. The largest absolute Gasteiger partial charge is 0.367 e. The maximum atomic E-state index is 6.12. The first-order chi connectivity index (χ1) is 8.47. The van der Waals surface area contributed by atoms with Crippen LogP contribution in [0.3, 0.4) is 0 Å². The van der Waals surface area contributed by atoms with Crippen molar-refractivity contribution in [1.29, 1.82) is 0 Å². The number of hydrogen-bond donors (Lipinski definition) is 1. The van der Waals surface area contributed by atoms with E-state index in [9.17, 15) is 0 Å². The summed E-state index contributed by atoms with van der Waals surface area (Å²) in [7, 11) is 0. The molecule has 102 valence electrons. The van der Waals surface area contributed by atoms with Crippen LogP contribution in [0.2, 0.25) is 5.15 Å². The fraction of sp³-hybridized carbons (Fsp3) is 0.714. The number of halogens is 1. The minimum Gasteiger partial charge on any atom is -0.367 e. The maximum Gasteiger partial charge on any atom is 0.137 e. The van der Waals surface area contributed by atoms with Crippen molar-refractivity contribution in [2.45, 2.75) is 59.9 Å². The van der Waals surface area contributed by atoms with E-state index in [1.807, 2.05) is 13.8 Å². The minimum absolute atomic E-state index is 0.398. The lowest BCUT2D eigenvalue weighted by molar-refractivity contribution is 0.483. The van der Waals surface area contributed by atoms with Crippen LogP contribution in [0.1, 0.15) is 51.9 Å². The smallest absolute Gasteiger partial charge is 0.137 e. The molecule has 0 aliphatic rings. The van der Waals surface area contributed by atoms with Crippen LogP contribution in [-0.4, -0.2) is 16.0 Å². The van der Waals surface area contributed by atoms with Gasteiger partial charge in [-0.1, -0.05) is 38.8 Å². The number of nitrogens with zero attached hydrogens (tertiary/aromatic N) is 2. The van der Waals surface area contributed by atoms with Crippen LogP contribution in [0.5, 0.6) is 0 Å². The van der Waals surface area contributed by atoms with Crippen LogP contribution < -0.4 is 5.32 Å². The van der Waals surface area contributed by atoms with Crippen molar-refractivity contribution >= 4 is 17.4 Å². The van der Waals surface area contributed by atoms with Gasteiger partial charge >= 0.3 is 0 Å². The second-order valence-corrected chi connectivity index (χ2v) is 5.41. The van der Waals surface area contributed by atoms with Crippen molar-refractivity contribution in [3.05, 3.63) is 16.5 Å². The Morgan fingerprint density at radius 3 is 2.44 bits per heavy atom. The molecule has 0 fully saturated rings. The second kappa shape index (κ2) is 6.93. The molecule has 0 spiro atoms. The van der Waals surface area contributed by atoms with Crippen LogP contribution in [0.15, 0.2) is 0 Å². The fourth-order valence-corrected chi connectivity index (χ4v) is 2.08. The summed E-state index contributed by atoms with van der Waals surface area (Å²) in [4.78, 5) is 8.77. The molecule has 0 amide bonds. The van der Waals surface area contributed by atoms with Crippen LogP contribution in [0.25, 0.3) is 0 Å². The highest BCUT2D eigenvalue weighted by atomic mass is 35.5. The summed E-state index contributed by atoms with van der Waals surface area (Å²) >= 11 is 6.12. The maximum absolute atomic E-state index is 6.12. The van der Waals surface area contributed by atoms with Gasteiger partial charge in [-0.2, -0.15) is 0 Å². The molecule has 0 aliphatic heterocycles. The van der Waals surface area contributed by atoms with Gasteiger partial charge in [0.2, 0.25) is 0 Å². The van der Waals surface area contributed by atoms with E-state index in [0.29, 0.717) is 11.2 Å². The van der Waals surface area contributed by atoms with Gasteiger partial charge in [0.1, 0.15) is 16.8 Å². The molecule has 3 nitrogen and oxygen atoms in total. The van der Waals surface area contributed by atoms with Gasteiger partial charge in [0.05, 0.1) is 0 Å². The third kappa shape index (κ3) is 4.13. The zero-order chi connectivity index (χ0) is 13.7. The fourth-order valence-electron chi connectivity index (χ4n) is 1.89. The first-order valence-electron chi connectivity index (χ1n) is 6.77. The Bertz CT molecular complexity index is 393. The molecule has 0 radical (unpaired) electrons. The third-order valence-corrected chi connectivity index (χ3v) is 3.65. The lowest BCUT2D eigenvalue weighted by Crippen LogP contribution is -2.20. The lowest BCUT2D eigenvalue weighted by Gasteiger charge is -2.19. The van der Waals surface area contributed by atoms with Crippen molar-refractivity contribution in [2.24, 2.45) is 5.92 Å². The summed E-state index contributed by atoms with van der Waals surface area (Å²) in [6.07, 6.45) is 3.14. The van der Waals surface area contributed by atoms with Crippen LogP contribution in [-0.2, 0) is 6.42 Å². The van der Waals surface area contributed by atoms with E-state index in [1.165, 1.54) is 6.42 Å². The van der Waals surface area contributed by atoms with E-state index in [0.717, 1.165) is 36.0 Å². The molecular formula is C14H24ClN3. The molecule has 2 atom stereocenters. The van der Waals surface area contributed by atoms with Gasteiger partial charge in [-0.15, -0.1) is 0 Å². The average molecular weight is 270 g/mol. The van der Waals surface area contributed by atoms with Gasteiger partial charge in [-0.25, -0.2) is 9.97 Å². The van der Waals surface area contributed by atoms with Crippen molar-refractivity contribution in [2.75, 3.05) is 5.32 Å². The molecule has 0 aliphatic carbocycles. The quantitative estimate of drug-likeness (QED) is 0.785. The molecule has 4 heteroatoms. The molecule has 2 unspecified atom stereocenters.